The van der Waals surface area contributed by atoms with E-state index in [9.17, 15) is 19.5 Å². The number of likely N-dealkylation sites (tertiary alicyclic amines) is 1. The molecule has 1 saturated heterocycles. The Morgan fingerprint density at radius 2 is 1.89 bits per heavy atom. The molecule has 0 radical (unpaired) electrons. The largest absolute Gasteiger partial charge is 0.508 e. The number of rotatable bonds is 3. The number of carbonyl (C=O) groups is 3. The van der Waals surface area contributed by atoms with E-state index in [2.05, 4.69) is 10.3 Å². The predicted molar refractivity (Wildman–Crippen MR) is 102 cm³/mol. The molecular formula is C20H22N4O4. The number of piperidine rings is 1. The van der Waals surface area contributed by atoms with Crippen molar-refractivity contribution in [3.05, 3.63) is 53.7 Å². The first-order valence-electron chi connectivity index (χ1n) is 9.02. The van der Waals surface area contributed by atoms with Gasteiger partial charge in [-0.25, -0.2) is 4.98 Å². The van der Waals surface area contributed by atoms with Crippen molar-refractivity contribution in [2.45, 2.75) is 25.8 Å². The summed E-state index contributed by atoms with van der Waals surface area (Å²) >= 11 is 0. The number of anilines is 1. The van der Waals surface area contributed by atoms with E-state index < -0.39 is 17.7 Å². The van der Waals surface area contributed by atoms with Gasteiger partial charge in [0.25, 0.3) is 5.91 Å². The number of hydrogen-bond acceptors (Lipinski definition) is 5. The molecule has 0 aliphatic carbocycles. The summed E-state index contributed by atoms with van der Waals surface area (Å²) in [5.74, 6) is -1.98. The number of amides is 3. The molecule has 1 aliphatic heterocycles. The zero-order valence-corrected chi connectivity index (χ0v) is 15.5. The van der Waals surface area contributed by atoms with Gasteiger partial charge in [-0.05, 0) is 48.6 Å². The molecule has 2 atom stereocenters. The van der Waals surface area contributed by atoms with E-state index in [0.717, 1.165) is 12.0 Å². The van der Waals surface area contributed by atoms with E-state index in [1.807, 2.05) is 6.92 Å². The van der Waals surface area contributed by atoms with Crippen molar-refractivity contribution in [2.75, 3.05) is 11.9 Å². The number of aromatic hydroxyl groups is 1. The van der Waals surface area contributed by atoms with E-state index in [1.54, 1.807) is 24.3 Å². The van der Waals surface area contributed by atoms with Crippen LogP contribution in [0.25, 0.3) is 0 Å². The Balaban J connectivity index is 1.82. The summed E-state index contributed by atoms with van der Waals surface area (Å²) in [5, 5.41) is 11.9. The smallest absolute Gasteiger partial charge is 0.315 e. The molecule has 1 aromatic carbocycles. The number of nitrogens with two attached hydrogens (primary N) is 1. The van der Waals surface area contributed by atoms with E-state index in [4.69, 9.17) is 5.73 Å². The fraction of sp³-hybridized carbons (Fsp3) is 0.300. The fourth-order valence-corrected chi connectivity index (χ4v) is 3.42. The van der Waals surface area contributed by atoms with Gasteiger partial charge in [0.05, 0.1) is 11.6 Å². The first-order chi connectivity index (χ1) is 13.4. The first-order valence-corrected chi connectivity index (χ1v) is 9.02. The van der Waals surface area contributed by atoms with Crippen LogP contribution >= 0.6 is 0 Å². The molecule has 146 valence electrons. The summed E-state index contributed by atoms with van der Waals surface area (Å²) in [6.45, 7) is 2.46. The predicted octanol–water partition coefficient (Wildman–Crippen LogP) is 1.82. The number of nitrogens with zero attached hydrogens (tertiary/aromatic N) is 2. The van der Waals surface area contributed by atoms with E-state index >= 15 is 0 Å². The Morgan fingerprint density at radius 1 is 1.18 bits per heavy atom. The molecule has 0 spiro atoms. The van der Waals surface area contributed by atoms with Gasteiger partial charge in [-0.1, -0.05) is 19.1 Å². The second-order valence-electron chi connectivity index (χ2n) is 6.97. The number of nitrogens with one attached hydrogen (secondary N) is 1. The van der Waals surface area contributed by atoms with Gasteiger partial charge in [0.15, 0.2) is 0 Å². The van der Waals surface area contributed by atoms with Crippen molar-refractivity contribution in [1.29, 1.82) is 0 Å². The van der Waals surface area contributed by atoms with Crippen LogP contribution in [-0.4, -0.2) is 39.3 Å². The average molecular weight is 382 g/mol. The van der Waals surface area contributed by atoms with Crippen molar-refractivity contribution in [2.24, 2.45) is 11.7 Å². The maximum absolute atomic E-state index is 12.9. The van der Waals surface area contributed by atoms with E-state index in [1.165, 1.54) is 23.2 Å². The van der Waals surface area contributed by atoms with Crippen molar-refractivity contribution in [3.63, 3.8) is 0 Å². The van der Waals surface area contributed by atoms with Gasteiger partial charge < -0.3 is 21.1 Å². The lowest BCUT2D eigenvalue weighted by atomic mass is 9.90. The maximum atomic E-state index is 12.9. The van der Waals surface area contributed by atoms with Gasteiger partial charge in [-0.2, -0.15) is 0 Å². The molecule has 0 bridgehead atoms. The molecule has 4 N–H and O–H groups in total. The number of carbonyl (C=O) groups excluding carboxylic acids is 3. The highest BCUT2D eigenvalue weighted by Gasteiger charge is 2.34. The maximum Gasteiger partial charge on any atom is 0.315 e. The van der Waals surface area contributed by atoms with Crippen LogP contribution in [0.15, 0.2) is 42.6 Å². The SMILES string of the molecule is C[C@H]1CC[C@H](c2ccc(O)cc2)N(C(=O)C(=O)Nc2ncccc2C(N)=O)C1. The van der Waals surface area contributed by atoms with Crippen LogP contribution in [0.1, 0.15) is 41.7 Å². The molecular weight excluding hydrogens is 360 g/mol. The third-order valence-corrected chi connectivity index (χ3v) is 4.86. The second kappa shape index (κ2) is 8.08. The van der Waals surface area contributed by atoms with Crippen LogP contribution in [0.3, 0.4) is 0 Å². The van der Waals surface area contributed by atoms with Crippen LogP contribution in [-0.2, 0) is 9.59 Å². The standard InChI is InChI=1S/C20H22N4O4/c1-12-4-9-16(13-5-7-14(25)8-6-13)24(11-12)20(28)19(27)23-18-15(17(21)26)3-2-10-22-18/h2-3,5-8,10,12,16,25H,4,9,11H2,1H3,(H2,21,26)(H,22,23,27)/t12-,16+/m0/s1. The Labute approximate surface area is 162 Å². The summed E-state index contributed by atoms with van der Waals surface area (Å²) in [6, 6.07) is 9.29. The lowest BCUT2D eigenvalue weighted by Gasteiger charge is -2.38. The van der Waals surface area contributed by atoms with Crippen molar-refractivity contribution in [3.8, 4) is 5.75 Å². The summed E-state index contributed by atoms with van der Waals surface area (Å²) in [6.07, 6.45) is 3.03. The normalized spacial score (nSPS) is 19.1. The number of aromatic nitrogens is 1. The van der Waals surface area contributed by atoms with Crippen LogP contribution in [0.5, 0.6) is 5.75 Å². The van der Waals surface area contributed by atoms with Gasteiger partial charge in [-0.15, -0.1) is 0 Å². The molecule has 3 amide bonds. The molecule has 8 nitrogen and oxygen atoms in total. The summed E-state index contributed by atoms with van der Waals surface area (Å²) < 4.78 is 0. The second-order valence-corrected chi connectivity index (χ2v) is 6.97. The molecule has 1 fully saturated rings. The Hall–Kier alpha value is -3.42. The summed E-state index contributed by atoms with van der Waals surface area (Å²) in [4.78, 5) is 42.5. The molecule has 8 heteroatoms. The van der Waals surface area contributed by atoms with Crippen LogP contribution in [0, 0.1) is 5.92 Å². The average Bonchev–Trinajstić information content (AvgIpc) is 2.68. The first kappa shape index (κ1) is 19.3. The van der Waals surface area contributed by atoms with Gasteiger partial charge in [0, 0.05) is 12.7 Å². The van der Waals surface area contributed by atoms with Crippen LogP contribution < -0.4 is 11.1 Å². The molecule has 2 aromatic rings. The monoisotopic (exact) mass is 382 g/mol. The Bertz CT molecular complexity index is 897. The minimum absolute atomic E-state index is 0.0331. The number of phenolic OH excluding ortho intramolecular Hbond substituents is 1. The van der Waals surface area contributed by atoms with Crippen LogP contribution in [0.4, 0.5) is 5.82 Å². The van der Waals surface area contributed by atoms with Gasteiger partial charge in [0.2, 0.25) is 0 Å². The van der Waals surface area contributed by atoms with Crippen molar-refractivity contribution < 1.29 is 19.5 Å². The van der Waals surface area contributed by atoms with E-state index in [-0.39, 0.29) is 29.1 Å². The number of phenols is 1. The topological polar surface area (TPSA) is 126 Å². The Kier molecular flexibility index (Phi) is 5.58. The molecule has 1 aliphatic rings. The zero-order chi connectivity index (χ0) is 20.3. The minimum atomic E-state index is -0.876. The van der Waals surface area contributed by atoms with Gasteiger partial charge in [0.1, 0.15) is 11.6 Å². The number of benzene rings is 1. The highest BCUT2D eigenvalue weighted by atomic mass is 16.3. The molecule has 1 aromatic heterocycles. The van der Waals surface area contributed by atoms with E-state index in [0.29, 0.717) is 13.0 Å². The van der Waals surface area contributed by atoms with Crippen molar-refractivity contribution in [1.82, 2.24) is 9.88 Å². The number of hydrogen-bond donors (Lipinski definition) is 3. The molecule has 0 saturated carbocycles. The third kappa shape index (κ3) is 4.11. The molecule has 0 unspecified atom stereocenters. The fourth-order valence-electron chi connectivity index (χ4n) is 3.42. The van der Waals surface area contributed by atoms with Gasteiger partial charge in [-0.3, -0.25) is 14.4 Å². The number of primary amides is 1. The molecule has 28 heavy (non-hydrogen) atoms. The summed E-state index contributed by atoms with van der Waals surface area (Å²) in [5.41, 5.74) is 6.17. The lowest BCUT2D eigenvalue weighted by Crippen LogP contribution is -2.46. The minimum Gasteiger partial charge on any atom is -0.508 e. The van der Waals surface area contributed by atoms with Gasteiger partial charge >= 0.3 is 11.8 Å². The molecule has 2 heterocycles. The highest BCUT2D eigenvalue weighted by molar-refractivity contribution is 6.39. The molecule has 3 rings (SSSR count). The lowest BCUT2D eigenvalue weighted by molar-refractivity contribution is -0.146. The summed E-state index contributed by atoms with van der Waals surface area (Å²) in [7, 11) is 0. The Morgan fingerprint density at radius 3 is 2.57 bits per heavy atom. The highest BCUT2D eigenvalue weighted by Crippen LogP contribution is 2.34. The number of pyridine rings is 1. The quantitative estimate of drug-likeness (QED) is 0.698. The van der Waals surface area contributed by atoms with Crippen molar-refractivity contribution >= 4 is 23.5 Å². The third-order valence-electron chi connectivity index (χ3n) is 4.86. The zero-order valence-electron chi connectivity index (χ0n) is 15.5. The van der Waals surface area contributed by atoms with Crippen LogP contribution in [0.2, 0.25) is 0 Å².